The largest absolute Gasteiger partial charge is 0.490 e. The van der Waals surface area contributed by atoms with Crippen LogP contribution in [0.5, 0.6) is 5.75 Å². The molecule has 0 bridgehead atoms. The number of nitrogens with two attached hydrogens (primary N) is 1. The van der Waals surface area contributed by atoms with E-state index in [1.165, 1.54) is 0 Å². The number of rotatable bonds is 6. The molecular formula is C12H18BrNO2. The molecule has 1 atom stereocenters. The zero-order valence-corrected chi connectivity index (χ0v) is 11.3. The number of ether oxygens (including phenoxy) is 2. The molecule has 16 heavy (non-hydrogen) atoms. The first-order chi connectivity index (χ1) is 7.67. The summed E-state index contributed by atoms with van der Waals surface area (Å²) < 4.78 is 11.8. The third-order valence-electron chi connectivity index (χ3n) is 2.30. The Morgan fingerprint density at radius 1 is 1.44 bits per heavy atom. The molecule has 1 rings (SSSR count). The van der Waals surface area contributed by atoms with Crippen molar-refractivity contribution >= 4 is 15.9 Å². The van der Waals surface area contributed by atoms with Gasteiger partial charge in [0.15, 0.2) is 0 Å². The van der Waals surface area contributed by atoms with Gasteiger partial charge in [-0.15, -0.1) is 0 Å². The van der Waals surface area contributed by atoms with E-state index in [-0.39, 0.29) is 6.10 Å². The summed E-state index contributed by atoms with van der Waals surface area (Å²) in [6.45, 7) is 3.21. The highest BCUT2D eigenvalue weighted by Crippen LogP contribution is 2.24. The van der Waals surface area contributed by atoms with E-state index in [4.69, 9.17) is 15.2 Å². The predicted octanol–water partition coefficient (Wildman–Crippen LogP) is 2.71. The van der Waals surface area contributed by atoms with E-state index in [1.54, 1.807) is 7.11 Å². The molecule has 0 amide bonds. The zero-order valence-electron chi connectivity index (χ0n) is 9.70. The Labute approximate surface area is 105 Å². The summed E-state index contributed by atoms with van der Waals surface area (Å²) in [5.41, 5.74) is 6.68. The van der Waals surface area contributed by atoms with E-state index in [0.717, 1.165) is 22.2 Å². The van der Waals surface area contributed by atoms with Crippen molar-refractivity contribution in [2.75, 3.05) is 13.7 Å². The fourth-order valence-electron chi connectivity index (χ4n) is 1.38. The minimum Gasteiger partial charge on any atom is -0.490 e. The van der Waals surface area contributed by atoms with Crippen molar-refractivity contribution in [2.24, 2.45) is 5.73 Å². The summed E-state index contributed by atoms with van der Waals surface area (Å²) in [5.74, 6) is 0.856. The molecule has 3 nitrogen and oxygen atoms in total. The second kappa shape index (κ2) is 6.89. The molecule has 1 aromatic carbocycles. The Morgan fingerprint density at radius 3 is 2.81 bits per heavy atom. The molecule has 0 aromatic heterocycles. The van der Waals surface area contributed by atoms with Gasteiger partial charge in [-0.1, -0.05) is 15.9 Å². The minimum absolute atomic E-state index is 0.131. The van der Waals surface area contributed by atoms with E-state index in [2.05, 4.69) is 15.9 Å². The maximum absolute atomic E-state index is 5.81. The molecular weight excluding hydrogens is 270 g/mol. The van der Waals surface area contributed by atoms with Crippen LogP contribution >= 0.6 is 15.9 Å². The summed E-state index contributed by atoms with van der Waals surface area (Å²) in [7, 11) is 1.69. The Morgan fingerprint density at radius 2 is 2.19 bits per heavy atom. The van der Waals surface area contributed by atoms with Crippen LogP contribution in [0.4, 0.5) is 0 Å². The Balaban J connectivity index is 2.65. The summed E-state index contributed by atoms with van der Waals surface area (Å²) in [5, 5.41) is 0. The third kappa shape index (κ3) is 4.12. The number of hydrogen-bond donors (Lipinski definition) is 1. The summed E-state index contributed by atoms with van der Waals surface area (Å²) in [6.07, 6.45) is 1.00. The number of benzene rings is 1. The van der Waals surface area contributed by atoms with Gasteiger partial charge in [-0.3, -0.25) is 0 Å². The van der Waals surface area contributed by atoms with E-state index >= 15 is 0 Å². The first-order valence-electron chi connectivity index (χ1n) is 5.31. The molecule has 4 heteroatoms. The fraction of sp³-hybridized carbons (Fsp3) is 0.500. The lowest BCUT2D eigenvalue weighted by molar-refractivity contribution is 0.134. The molecule has 0 aliphatic rings. The highest BCUT2D eigenvalue weighted by Gasteiger charge is 2.07. The standard InChI is InChI=1S/C12H18BrNO2/c1-9(5-6-15-2)16-12-4-3-11(13)7-10(12)8-14/h3-4,7,9H,5-6,8,14H2,1-2H3. The van der Waals surface area contributed by atoms with Gasteiger partial charge in [0, 0.05) is 36.7 Å². The average molecular weight is 288 g/mol. The van der Waals surface area contributed by atoms with Crippen LogP contribution in [0.25, 0.3) is 0 Å². The highest BCUT2D eigenvalue weighted by atomic mass is 79.9. The Bertz CT molecular complexity index is 331. The topological polar surface area (TPSA) is 44.5 Å². The van der Waals surface area contributed by atoms with Gasteiger partial charge in [-0.2, -0.15) is 0 Å². The van der Waals surface area contributed by atoms with Gasteiger partial charge >= 0.3 is 0 Å². The number of hydrogen-bond acceptors (Lipinski definition) is 3. The molecule has 0 aliphatic carbocycles. The lowest BCUT2D eigenvalue weighted by Gasteiger charge is -2.16. The maximum Gasteiger partial charge on any atom is 0.124 e. The monoisotopic (exact) mass is 287 g/mol. The number of halogens is 1. The summed E-state index contributed by atoms with van der Waals surface area (Å²) in [4.78, 5) is 0. The normalized spacial score (nSPS) is 12.5. The Kier molecular flexibility index (Phi) is 5.80. The van der Waals surface area contributed by atoms with Gasteiger partial charge in [0.05, 0.1) is 6.10 Å². The van der Waals surface area contributed by atoms with Crippen LogP contribution in [0.15, 0.2) is 22.7 Å². The van der Waals surface area contributed by atoms with Crippen LogP contribution in [0.3, 0.4) is 0 Å². The molecule has 0 saturated heterocycles. The molecule has 0 spiro atoms. The quantitative estimate of drug-likeness (QED) is 0.875. The summed E-state index contributed by atoms with van der Waals surface area (Å²) >= 11 is 3.41. The minimum atomic E-state index is 0.131. The highest BCUT2D eigenvalue weighted by molar-refractivity contribution is 9.10. The van der Waals surface area contributed by atoms with Gasteiger partial charge in [0.2, 0.25) is 0 Å². The second-order valence-corrected chi connectivity index (χ2v) is 4.58. The van der Waals surface area contributed by atoms with Crippen LogP contribution < -0.4 is 10.5 Å². The van der Waals surface area contributed by atoms with Gasteiger partial charge in [0.1, 0.15) is 5.75 Å². The van der Waals surface area contributed by atoms with Crippen molar-refractivity contribution in [3.8, 4) is 5.75 Å². The molecule has 0 heterocycles. The van der Waals surface area contributed by atoms with Gasteiger partial charge in [-0.25, -0.2) is 0 Å². The maximum atomic E-state index is 5.81. The lowest BCUT2D eigenvalue weighted by Crippen LogP contribution is -2.15. The van der Waals surface area contributed by atoms with Crippen molar-refractivity contribution in [1.29, 1.82) is 0 Å². The van der Waals surface area contributed by atoms with Crippen molar-refractivity contribution in [1.82, 2.24) is 0 Å². The fourth-order valence-corrected chi connectivity index (χ4v) is 1.79. The van der Waals surface area contributed by atoms with E-state index in [0.29, 0.717) is 13.2 Å². The van der Waals surface area contributed by atoms with Crippen LogP contribution in [0, 0.1) is 0 Å². The molecule has 1 aromatic rings. The van der Waals surface area contributed by atoms with E-state index in [9.17, 15) is 0 Å². The first-order valence-corrected chi connectivity index (χ1v) is 6.10. The molecule has 0 saturated carbocycles. The zero-order chi connectivity index (χ0) is 12.0. The smallest absolute Gasteiger partial charge is 0.124 e. The van der Waals surface area contributed by atoms with Gasteiger partial charge in [0.25, 0.3) is 0 Å². The van der Waals surface area contributed by atoms with Gasteiger partial charge in [-0.05, 0) is 25.1 Å². The van der Waals surface area contributed by atoms with Crippen molar-refractivity contribution < 1.29 is 9.47 Å². The van der Waals surface area contributed by atoms with Crippen LogP contribution in [-0.2, 0) is 11.3 Å². The Hall–Kier alpha value is -0.580. The lowest BCUT2D eigenvalue weighted by atomic mass is 10.2. The first kappa shape index (κ1) is 13.5. The molecule has 0 radical (unpaired) electrons. The molecule has 0 fully saturated rings. The van der Waals surface area contributed by atoms with E-state index in [1.807, 2.05) is 25.1 Å². The predicted molar refractivity (Wildman–Crippen MR) is 68.6 cm³/mol. The van der Waals surface area contributed by atoms with Crippen molar-refractivity contribution in [2.45, 2.75) is 26.0 Å². The SMILES string of the molecule is COCCC(C)Oc1ccc(Br)cc1CN. The number of methoxy groups -OCH3 is 1. The van der Waals surface area contributed by atoms with Crippen molar-refractivity contribution in [3.63, 3.8) is 0 Å². The molecule has 0 aliphatic heterocycles. The molecule has 1 unspecified atom stereocenters. The molecule has 2 N–H and O–H groups in total. The third-order valence-corrected chi connectivity index (χ3v) is 2.79. The van der Waals surface area contributed by atoms with E-state index < -0.39 is 0 Å². The van der Waals surface area contributed by atoms with Crippen LogP contribution in [0.1, 0.15) is 18.9 Å². The van der Waals surface area contributed by atoms with Crippen LogP contribution in [0.2, 0.25) is 0 Å². The molecule has 90 valence electrons. The van der Waals surface area contributed by atoms with Crippen LogP contribution in [-0.4, -0.2) is 19.8 Å². The van der Waals surface area contributed by atoms with Crippen molar-refractivity contribution in [3.05, 3.63) is 28.2 Å². The second-order valence-electron chi connectivity index (χ2n) is 3.67. The van der Waals surface area contributed by atoms with Gasteiger partial charge < -0.3 is 15.2 Å². The average Bonchev–Trinajstić information content (AvgIpc) is 2.28. The summed E-state index contributed by atoms with van der Waals surface area (Å²) in [6, 6.07) is 5.88.